The second-order valence-corrected chi connectivity index (χ2v) is 9.85. The molecule has 1 fully saturated rings. The van der Waals surface area contributed by atoms with Gasteiger partial charge in [-0.1, -0.05) is 62.4 Å². The van der Waals surface area contributed by atoms with Crippen molar-refractivity contribution >= 4 is 0 Å². The molecule has 2 unspecified atom stereocenters. The Hall–Kier alpha value is -3.09. The Bertz CT molecular complexity index is 1250. The Morgan fingerprint density at radius 1 is 0.972 bits per heavy atom. The molecule has 3 aromatic rings. The number of hydrogen-bond acceptors (Lipinski definition) is 4. The molecule has 0 amide bonds. The molecule has 1 aliphatic heterocycles. The van der Waals surface area contributed by atoms with E-state index in [1.807, 2.05) is 48.5 Å². The lowest BCUT2D eigenvalue weighted by Gasteiger charge is -2.43. The number of benzene rings is 2. The van der Waals surface area contributed by atoms with Crippen molar-refractivity contribution in [2.24, 2.45) is 0 Å². The van der Waals surface area contributed by atoms with Gasteiger partial charge in [-0.2, -0.15) is 0 Å². The molecule has 0 aromatic heterocycles. The van der Waals surface area contributed by atoms with E-state index in [1.165, 1.54) is 13.2 Å². The van der Waals surface area contributed by atoms with Gasteiger partial charge in [-0.3, -0.25) is 14.6 Å². The van der Waals surface area contributed by atoms with Gasteiger partial charge in [0.25, 0.3) is 0 Å². The van der Waals surface area contributed by atoms with Crippen molar-refractivity contribution in [1.82, 2.24) is 9.80 Å². The zero-order valence-electron chi connectivity index (χ0n) is 21.4. The van der Waals surface area contributed by atoms with Crippen molar-refractivity contribution in [2.75, 3.05) is 26.7 Å². The Balaban J connectivity index is 1.59. The van der Waals surface area contributed by atoms with E-state index in [4.69, 9.17) is 4.74 Å². The summed E-state index contributed by atoms with van der Waals surface area (Å²) in [6.07, 6.45) is 0. The predicted octanol–water partition coefficient (Wildman–Crippen LogP) is 5.75. The minimum atomic E-state index is -0.582. The van der Waals surface area contributed by atoms with Gasteiger partial charge in [-0.15, -0.1) is 0 Å². The lowest BCUT2D eigenvalue weighted by Crippen LogP contribution is -2.52. The summed E-state index contributed by atoms with van der Waals surface area (Å²) in [5, 5.41) is 0. The topological polar surface area (TPSA) is 32.8 Å². The van der Waals surface area contributed by atoms with E-state index in [9.17, 15) is 13.6 Å². The fourth-order valence-corrected chi connectivity index (χ4v) is 4.99. The van der Waals surface area contributed by atoms with Gasteiger partial charge in [-0.05, 0) is 36.1 Å². The first-order valence-corrected chi connectivity index (χ1v) is 12.5. The van der Waals surface area contributed by atoms with Crippen LogP contribution in [0.3, 0.4) is 0 Å². The number of rotatable bonds is 7. The molecule has 1 saturated heterocycles. The third-order valence-electron chi connectivity index (χ3n) is 7.08. The van der Waals surface area contributed by atoms with E-state index in [1.54, 1.807) is 6.07 Å². The molecular formula is C30H34F2N2O2. The maximum Gasteiger partial charge on any atom is 0.224 e. The molecule has 6 heteroatoms. The normalized spacial score (nSPS) is 17.8. The van der Waals surface area contributed by atoms with Gasteiger partial charge in [0.2, 0.25) is 5.43 Å². The fourth-order valence-electron chi connectivity index (χ4n) is 4.99. The quantitative estimate of drug-likeness (QED) is 0.420. The van der Waals surface area contributed by atoms with Gasteiger partial charge in [0.15, 0.2) is 5.75 Å². The molecule has 0 radical (unpaired) electrons. The molecule has 3 aromatic carbocycles. The zero-order chi connectivity index (χ0) is 25.8. The third-order valence-corrected chi connectivity index (χ3v) is 7.08. The molecule has 190 valence electrons. The Kier molecular flexibility index (Phi) is 8.17. The number of piperazine rings is 1. The smallest absolute Gasteiger partial charge is 0.224 e. The first-order chi connectivity index (χ1) is 17.3. The number of methoxy groups -OCH3 is 1. The Morgan fingerprint density at radius 2 is 1.72 bits per heavy atom. The highest BCUT2D eigenvalue weighted by molar-refractivity contribution is 5.35. The van der Waals surface area contributed by atoms with Crippen molar-refractivity contribution in [3.05, 3.63) is 111 Å². The Morgan fingerprint density at radius 3 is 2.36 bits per heavy atom. The van der Waals surface area contributed by atoms with Gasteiger partial charge in [-0.25, -0.2) is 8.78 Å². The second kappa shape index (κ2) is 11.3. The van der Waals surface area contributed by atoms with Crippen LogP contribution >= 0.6 is 0 Å². The highest BCUT2D eigenvalue weighted by atomic mass is 19.1. The maximum atomic E-state index is 14.9. The highest BCUT2D eigenvalue weighted by Gasteiger charge is 2.32. The van der Waals surface area contributed by atoms with Crippen LogP contribution in [-0.2, 0) is 6.54 Å². The summed E-state index contributed by atoms with van der Waals surface area (Å²) in [6.45, 7) is 8.89. The molecule has 4 nitrogen and oxygen atoms in total. The van der Waals surface area contributed by atoms with Crippen LogP contribution in [0.4, 0.5) is 8.78 Å². The summed E-state index contributed by atoms with van der Waals surface area (Å²) in [7, 11) is 1.53. The molecule has 4 rings (SSSR count). The minimum absolute atomic E-state index is 0.0884. The van der Waals surface area contributed by atoms with E-state index >= 15 is 0 Å². The largest absolute Gasteiger partial charge is 0.493 e. The first kappa shape index (κ1) is 26.0. The van der Waals surface area contributed by atoms with Gasteiger partial charge < -0.3 is 4.74 Å². The summed E-state index contributed by atoms with van der Waals surface area (Å²) in [6, 6.07) is 19.1. The van der Waals surface area contributed by atoms with E-state index in [0.29, 0.717) is 43.1 Å². The maximum absolute atomic E-state index is 14.9. The van der Waals surface area contributed by atoms with Crippen molar-refractivity contribution < 1.29 is 13.5 Å². The lowest BCUT2D eigenvalue weighted by atomic mass is 9.95. The van der Waals surface area contributed by atoms with Crippen molar-refractivity contribution in [2.45, 2.75) is 45.3 Å². The van der Waals surface area contributed by atoms with Crippen LogP contribution in [0, 0.1) is 11.6 Å². The summed E-state index contributed by atoms with van der Waals surface area (Å²) in [4.78, 5) is 17.7. The molecule has 0 spiro atoms. The average Bonchev–Trinajstić information content (AvgIpc) is 3.01. The van der Waals surface area contributed by atoms with E-state index < -0.39 is 11.6 Å². The molecule has 36 heavy (non-hydrogen) atoms. The third kappa shape index (κ3) is 5.66. The van der Waals surface area contributed by atoms with Crippen LogP contribution in [0.2, 0.25) is 0 Å². The predicted molar refractivity (Wildman–Crippen MR) is 139 cm³/mol. The van der Waals surface area contributed by atoms with Crippen molar-refractivity contribution in [1.29, 1.82) is 0 Å². The summed E-state index contributed by atoms with van der Waals surface area (Å²) in [5.41, 5.74) is 3.09. The summed E-state index contributed by atoms with van der Waals surface area (Å²) < 4.78 is 34.0. The van der Waals surface area contributed by atoms with Gasteiger partial charge in [0.1, 0.15) is 11.6 Å². The van der Waals surface area contributed by atoms with Crippen LogP contribution < -0.4 is 10.2 Å². The highest BCUT2D eigenvalue weighted by Crippen LogP contribution is 2.33. The van der Waals surface area contributed by atoms with Crippen LogP contribution in [0.5, 0.6) is 5.75 Å². The van der Waals surface area contributed by atoms with E-state index in [-0.39, 0.29) is 23.4 Å². The summed E-state index contributed by atoms with van der Waals surface area (Å²) in [5.74, 6) is -0.481. The standard InChI is InChI=1S/C30H34F2N2O2/c1-20(2)23-10-11-24(30(35)28(16-23)36-4)19-33-14-15-34(18-21(33)3)29(22-8-6-5-7-9-22)26-13-12-25(31)17-27(26)32/h5-13,16-17,20-21,29H,14-15,18-19H2,1-4H3. The van der Waals surface area contributed by atoms with Crippen LogP contribution in [0.25, 0.3) is 0 Å². The summed E-state index contributed by atoms with van der Waals surface area (Å²) >= 11 is 0. The number of ether oxygens (including phenoxy) is 1. The molecule has 0 aliphatic carbocycles. The lowest BCUT2D eigenvalue weighted by molar-refractivity contribution is 0.0590. The molecule has 0 N–H and O–H groups in total. The molecule has 0 bridgehead atoms. The average molecular weight is 493 g/mol. The second-order valence-electron chi connectivity index (χ2n) is 9.85. The zero-order valence-corrected chi connectivity index (χ0v) is 21.4. The van der Waals surface area contributed by atoms with Crippen LogP contribution in [0.1, 0.15) is 55.0 Å². The van der Waals surface area contributed by atoms with E-state index in [0.717, 1.165) is 17.2 Å². The molecule has 1 aliphatic rings. The Labute approximate surface area is 212 Å². The number of nitrogens with zero attached hydrogens (tertiary/aromatic N) is 2. The van der Waals surface area contributed by atoms with E-state index in [2.05, 4.69) is 30.6 Å². The number of hydrogen-bond donors (Lipinski definition) is 0. The molecule has 2 atom stereocenters. The van der Waals surface area contributed by atoms with Gasteiger partial charge in [0, 0.05) is 49.4 Å². The molecule has 1 heterocycles. The molecule has 0 saturated carbocycles. The fraction of sp³-hybridized carbons (Fsp3) is 0.367. The SMILES string of the molecule is COc1cc(C(C)C)ccc(CN2CCN(C(c3ccccc3)c3ccc(F)cc3F)CC2C)c1=O. The van der Waals surface area contributed by atoms with Crippen molar-refractivity contribution in [3.8, 4) is 5.75 Å². The first-order valence-electron chi connectivity index (χ1n) is 12.5. The van der Waals surface area contributed by atoms with Crippen LogP contribution in [0.15, 0.2) is 71.5 Å². The van der Waals surface area contributed by atoms with Gasteiger partial charge >= 0.3 is 0 Å². The van der Waals surface area contributed by atoms with Crippen LogP contribution in [-0.4, -0.2) is 42.6 Å². The molecular weight excluding hydrogens is 458 g/mol. The monoisotopic (exact) mass is 492 g/mol. The van der Waals surface area contributed by atoms with Crippen molar-refractivity contribution in [3.63, 3.8) is 0 Å². The number of halogens is 2. The minimum Gasteiger partial charge on any atom is -0.493 e. The van der Waals surface area contributed by atoms with Gasteiger partial charge in [0.05, 0.1) is 13.2 Å².